The van der Waals surface area contributed by atoms with E-state index in [9.17, 15) is 9.90 Å². The zero-order valence-electron chi connectivity index (χ0n) is 12.8. The molecule has 3 nitrogen and oxygen atoms in total. The number of nitrogens with one attached hydrogen (secondary N) is 1. The Hall–Kier alpha value is -0.570. The lowest BCUT2D eigenvalue weighted by Gasteiger charge is -2.43. The van der Waals surface area contributed by atoms with E-state index in [1.807, 2.05) is 13.8 Å². The molecule has 0 spiro atoms. The Balaban J connectivity index is 2.77. The Labute approximate surface area is 111 Å². The molecule has 0 aromatic carbocycles. The molecule has 0 heterocycles. The molecule has 1 rings (SSSR count). The summed E-state index contributed by atoms with van der Waals surface area (Å²) in [6.45, 7) is 11.6. The van der Waals surface area contributed by atoms with Crippen LogP contribution in [0.3, 0.4) is 0 Å². The van der Waals surface area contributed by atoms with Gasteiger partial charge in [0.1, 0.15) is 0 Å². The minimum absolute atomic E-state index is 0.0628. The van der Waals surface area contributed by atoms with Crippen molar-refractivity contribution in [1.29, 1.82) is 0 Å². The van der Waals surface area contributed by atoms with Gasteiger partial charge in [0.2, 0.25) is 5.91 Å². The minimum Gasteiger partial charge on any atom is -0.388 e. The average molecular weight is 255 g/mol. The van der Waals surface area contributed by atoms with Crippen molar-refractivity contribution in [1.82, 2.24) is 5.32 Å². The van der Waals surface area contributed by atoms with E-state index in [0.717, 1.165) is 19.3 Å². The lowest BCUT2D eigenvalue weighted by atomic mass is 9.68. The van der Waals surface area contributed by atoms with Crippen LogP contribution in [0.4, 0.5) is 0 Å². The van der Waals surface area contributed by atoms with Crippen LogP contribution < -0.4 is 5.32 Å². The molecule has 2 N–H and O–H groups in total. The fourth-order valence-electron chi connectivity index (χ4n) is 2.53. The molecule has 1 aliphatic rings. The number of aliphatic hydroxyl groups is 1. The van der Waals surface area contributed by atoms with Crippen molar-refractivity contribution in [2.45, 2.75) is 78.4 Å². The van der Waals surface area contributed by atoms with E-state index < -0.39 is 11.1 Å². The van der Waals surface area contributed by atoms with Gasteiger partial charge in [-0.3, -0.25) is 4.79 Å². The molecule has 18 heavy (non-hydrogen) atoms. The molecule has 0 saturated heterocycles. The topological polar surface area (TPSA) is 49.3 Å². The Bertz CT molecular complexity index is 313. The summed E-state index contributed by atoms with van der Waals surface area (Å²) in [5.41, 5.74) is -1.48. The first kappa shape index (κ1) is 15.5. The summed E-state index contributed by atoms with van der Waals surface area (Å²) in [5.74, 6) is 0.152. The molecular weight excluding hydrogens is 226 g/mol. The van der Waals surface area contributed by atoms with Crippen LogP contribution in [-0.2, 0) is 4.79 Å². The minimum atomic E-state index is -0.929. The zero-order valence-corrected chi connectivity index (χ0v) is 12.8. The zero-order chi connectivity index (χ0) is 14.2. The summed E-state index contributed by atoms with van der Waals surface area (Å²) in [5, 5.41) is 13.1. The van der Waals surface area contributed by atoms with Crippen molar-refractivity contribution in [3.8, 4) is 0 Å². The first-order valence-electron chi connectivity index (χ1n) is 7.02. The number of hydrogen-bond donors (Lipinski definition) is 2. The van der Waals surface area contributed by atoms with E-state index in [2.05, 4.69) is 19.2 Å². The van der Waals surface area contributed by atoms with E-state index in [0.29, 0.717) is 0 Å². The monoisotopic (exact) mass is 255 g/mol. The number of carbonyl (C=O) groups excluding carboxylic acids is 1. The van der Waals surface area contributed by atoms with E-state index in [1.54, 1.807) is 13.8 Å². The molecule has 0 aliphatic heterocycles. The molecule has 0 radical (unpaired) electrons. The first-order chi connectivity index (χ1) is 7.97. The summed E-state index contributed by atoms with van der Waals surface area (Å²) < 4.78 is 0. The van der Waals surface area contributed by atoms with E-state index >= 15 is 0 Å². The van der Waals surface area contributed by atoms with Gasteiger partial charge in [0.15, 0.2) is 0 Å². The maximum absolute atomic E-state index is 12.5. The predicted molar refractivity (Wildman–Crippen MR) is 74.3 cm³/mol. The standard InChI is InChI=1S/C15H29NO2/c1-13(2)10-8-7-9-11(13)12(17)16-14(3,4)15(5,6)18/h11,18H,7-10H2,1-6H3,(H,16,17). The highest BCUT2D eigenvalue weighted by molar-refractivity contribution is 5.80. The van der Waals surface area contributed by atoms with E-state index in [4.69, 9.17) is 0 Å². The molecule has 3 heteroatoms. The molecule has 1 amide bonds. The van der Waals surface area contributed by atoms with Crippen molar-refractivity contribution >= 4 is 5.91 Å². The third-order valence-corrected chi connectivity index (χ3v) is 4.79. The smallest absolute Gasteiger partial charge is 0.224 e. The highest BCUT2D eigenvalue weighted by Crippen LogP contribution is 2.41. The van der Waals surface area contributed by atoms with Gasteiger partial charge in [-0.25, -0.2) is 0 Å². The van der Waals surface area contributed by atoms with Crippen LogP contribution >= 0.6 is 0 Å². The molecule has 1 fully saturated rings. The van der Waals surface area contributed by atoms with Gasteiger partial charge in [-0.2, -0.15) is 0 Å². The Morgan fingerprint density at radius 2 is 1.78 bits per heavy atom. The van der Waals surface area contributed by atoms with Crippen molar-refractivity contribution in [2.75, 3.05) is 0 Å². The molecule has 0 aromatic heterocycles. The summed E-state index contributed by atoms with van der Waals surface area (Å²) in [6, 6.07) is 0. The lowest BCUT2D eigenvalue weighted by Crippen LogP contribution is -2.60. The van der Waals surface area contributed by atoms with Crippen LogP contribution in [0.5, 0.6) is 0 Å². The van der Waals surface area contributed by atoms with Gasteiger partial charge in [0.05, 0.1) is 11.1 Å². The second-order valence-electron chi connectivity index (χ2n) is 7.46. The Morgan fingerprint density at radius 1 is 1.22 bits per heavy atom. The van der Waals surface area contributed by atoms with Gasteiger partial charge in [-0.05, 0) is 46.0 Å². The first-order valence-corrected chi connectivity index (χ1v) is 7.02. The fourth-order valence-corrected chi connectivity index (χ4v) is 2.53. The van der Waals surface area contributed by atoms with Gasteiger partial charge in [0, 0.05) is 5.92 Å². The number of carbonyl (C=O) groups is 1. The molecule has 0 bridgehead atoms. The van der Waals surface area contributed by atoms with Gasteiger partial charge < -0.3 is 10.4 Å². The van der Waals surface area contributed by atoms with E-state index in [1.165, 1.54) is 6.42 Å². The third kappa shape index (κ3) is 3.25. The van der Waals surface area contributed by atoms with Gasteiger partial charge in [0.25, 0.3) is 0 Å². The predicted octanol–water partition coefficient (Wildman–Crippen LogP) is 2.87. The van der Waals surface area contributed by atoms with Crippen LogP contribution in [0.2, 0.25) is 0 Å². The lowest BCUT2D eigenvalue weighted by molar-refractivity contribution is -0.135. The molecular formula is C15H29NO2. The van der Waals surface area contributed by atoms with Gasteiger partial charge in [-0.15, -0.1) is 0 Å². The number of amides is 1. The third-order valence-electron chi connectivity index (χ3n) is 4.79. The Kier molecular flexibility index (Phi) is 4.16. The summed E-state index contributed by atoms with van der Waals surface area (Å²) >= 11 is 0. The van der Waals surface area contributed by atoms with Gasteiger partial charge in [-0.1, -0.05) is 26.7 Å². The normalized spacial score (nSPS) is 24.7. The van der Waals surface area contributed by atoms with Crippen molar-refractivity contribution in [2.24, 2.45) is 11.3 Å². The highest BCUT2D eigenvalue weighted by Gasteiger charge is 2.42. The second-order valence-corrected chi connectivity index (χ2v) is 7.46. The molecule has 0 aromatic rings. The number of rotatable bonds is 3. The molecule has 1 aliphatic carbocycles. The summed E-state index contributed by atoms with van der Waals surface area (Å²) in [7, 11) is 0. The van der Waals surface area contributed by atoms with Gasteiger partial charge >= 0.3 is 0 Å². The average Bonchev–Trinajstić information content (AvgIpc) is 2.13. The molecule has 1 atom stereocenters. The van der Waals surface area contributed by atoms with Crippen LogP contribution in [0.25, 0.3) is 0 Å². The molecule has 1 unspecified atom stereocenters. The highest BCUT2D eigenvalue weighted by atomic mass is 16.3. The van der Waals surface area contributed by atoms with Crippen molar-refractivity contribution in [3.63, 3.8) is 0 Å². The van der Waals surface area contributed by atoms with Crippen LogP contribution in [-0.4, -0.2) is 22.2 Å². The fraction of sp³-hybridized carbons (Fsp3) is 0.933. The summed E-state index contributed by atoms with van der Waals surface area (Å²) in [4.78, 5) is 12.5. The molecule has 106 valence electrons. The molecule has 1 saturated carbocycles. The van der Waals surface area contributed by atoms with E-state index in [-0.39, 0.29) is 17.2 Å². The number of hydrogen-bond acceptors (Lipinski definition) is 2. The summed E-state index contributed by atoms with van der Waals surface area (Å²) in [6.07, 6.45) is 4.41. The van der Waals surface area contributed by atoms with Crippen LogP contribution in [0, 0.1) is 11.3 Å². The van der Waals surface area contributed by atoms with Crippen LogP contribution in [0.15, 0.2) is 0 Å². The largest absolute Gasteiger partial charge is 0.388 e. The SMILES string of the molecule is CC1(C)CCCCC1C(=O)NC(C)(C)C(C)(C)O. The van der Waals surface area contributed by atoms with Crippen molar-refractivity contribution in [3.05, 3.63) is 0 Å². The Morgan fingerprint density at radius 3 is 2.22 bits per heavy atom. The van der Waals surface area contributed by atoms with Crippen LogP contribution in [0.1, 0.15) is 67.2 Å². The second kappa shape index (κ2) is 4.84. The quantitative estimate of drug-likeness (QED) is 0.814. The maximum atomic E-state index is 12.5. The van der Waals surface area contributed by atoms with Crippen molar-refractivity contribution < 1.29 is 9.90 Å². The maximum Gasteiger partial charge on any atom is 0.224 e.